The second-order valence-corrected chi connectivity index (χ2v) is 6.46. The number of morpholine rings is 1. The Morgan fingerprint density at radius 2 is 1.83 bits per heavy atom. The SMILES string of the molecule is Cl.NCc1ccc(C(=O)N2CCCCC2CN2CCOCC2)cc1. The lowest BCUT2D eigenvalue weighted by molar-refractivity contribution is 0.0166. The molecule has 6 heteroatoms. The molecule has 5 nitrogen and oxygen atoms in total. The number of hydrogen-bond acceptors (Lipinski definition) is 4. The minimum atomic E-state index is 0. The quantitative estimate of drug-likeness (QED) is 0.898. The summed E-state index contributed by atoms with van der Waals surface area (Å²) in [5.41, 5.74) is 7.47. The molecule has 3 rings (SSSR count). The molecule has 0 radical (unpaired) electrons. The van der Waals surface area contributed by atoms with Crippen LogP contribution in [0.3, 0.4) is 0 Å². The van der Waals surface area contributed by atoms with Gasteiger partial charge < -0.3 is 15.4 Å². The van der Waals surface area contributed by atoms with Crippen molar-refractivity contribution in [1.29, 1.82) is 0 Å². The van der Waals surface area contributed by atoms with Crippen LogP contribution in [0.5, 0.6) is 0 Å². The maximum Gasteiger partial charge on any atom is 0.254 e. The van der Waals surface area contributed by atoms with Crippen molar-refractivity contribution in [3.63, 3.8) is 0 Å². The van der Waals surface area contributed by atoms with Crippen LogP contribution in [0.15, 0.2) is 24.3 Å². The first-order valence-electron chi connectivity index (χ1n) is 8.68. The Morgan fingerprint density at radius 1 is 1.12 bits per heavy atom. The average molecular weight is 354 g/mol. The Bertz CT molecular complexity index is 518. The maximum absolute atomic E-state index is 12.9. The molecule has 1 aromatic carbocycles. The van der Waals surface area contributed by atoms with Crippen molar-refractivity contribution in [3.05, 3.63) is 35.4 Å². The van der Waals surface area contributed by atoms with Crippen LogP contribution in [0, 0.1) is 0 Å². The molecule has 2 heterocycles. The zero-order chi connectivity index (χ0) is 16.1. The monoisotopic (exact) mass is 353 g/mol. The summed E-state index contributed by atoms with van der Waals surface area (Å²) in [6.07, 6.45) is 3.42. The highest BCUT2D eigenvalue weighted by molar-refractivity contribution is 5.94. The number of piperidine rings is 1. The largest absolute Gasteiger partial charge is 0.379 e. The number of benzene rings is 1. The lowest BCUT2D eigenvalue weighted by atomic mass is 9.99. The highest BCUT2D eigenvalue weighted by Crippen LogP contribution is 2.21. The Labute approximate surface area is 150 Å². The number of halogens is 1. The van der Waals surface area contributed by atoms with E-state index < -0.39 is 0 Å². The fourth-order valence-corrected chi connectivity index (χ4v) is 3.49. The minimum absolute atomic E-state index is 0. The van der Waals surface area contributed by atoms with Crippen molar-refractivity contribution in [2.24, 2.45) is 5.73 Å². The standard InChI is InChI=1S/C18H27N3O2.ClH/c19-13-15-4-6-16(7-5-15)18(22)21-8-2-1-3-17(21)14-20-9-11-23-12-10-20;/h4-7,17H,1-3,8-14,19H2;1H. The van der Waals surface area contributed by atoms with Gasteiger partial charge in [0.05, 0.1) is 13.2 Å². The Morgan fingerprint density at radius 3 is 2.50 bits per heavy atom. The summed E-state index contributed by atoms with van der Waals surface area (Å²) in [4.78, 5) is 17.4. The van der Waals surface area contributed by atoms with Crippen LogP contribution in [-0.2, 0) is 11.3 Å². The molecule has 0 bridgehead atoms. The number of nitrogens with zero attached hydrogens (tertiary/aromatic N) is 2. The molecule has 0 aliphatic carbocycles. The smallest absolute Gasteiger partial charge is 0.254 e. The van der Waals surface area contributed by atoms with Crippen LogP contribution in [0.4, 0.5) is 0 Å². The van der Waals surface area contributed by atoms with Crippen molar-refractivity contribution in [2.75, 3.05) is 39.4 Å². The summed E-state index contributed by atoms with van der Waals surface area (Å²) in [7, 11) is 0. The number of nitrogens with two attached hydrogens (primary N) is 1. The van der Waals surface area contributed by atoms with Crippen LogP contribution in [-0.4, -0.2) is 61.1 Å². The lowest BCUT2D eigenvalue weighted by Crippen LogP contribution is -2.51. The van der Waals surface area contributed by atoms with Gasteiger partial charge in [-0.05, 0) is 37.0 Å². The molecule has 2 fully saturated rings. The third-order valence-electron chi connectivity index (χ3n) is 4.90. The van der Waals surface area contributed by atoms with Crippen LogP contribution in [0.2, 0.25) is 0 Å². The van der Waals surface area contributed by atoms with Gasteiger partial charge >= 0.3 is 0 Å². The molecule has 1 atom stereocenters. The Kier molecular flexibility index (Phi) is 7.49. The predicted octanol–water partition coefficient (Wildman–Crippen LogP) is 1.89. The van der Waals surface area contributed by atoms with E-state index in [2.05, 4.69) is 9.80 Å². The van der Waals surface area contributed by atoms with Gasteiger partial charge in [0, 0.05) is 44.3 Å². The minimum Gasteiger partial charge on any atom is -0.379 e. The zero-order valence-corrected chi connectivity index (χ0v) is 15.0. The molecule has 0 saturated carbocycles. The van der Waals surface area contributed by atoms with Gasteiger partial charge in [-0.3, -0.25) is 9.69 Å². The predicted molar refractivity (Wildman–Crippen MR) is 97.5 cm³/mol. The molecule has 1 aromatic rings. The topological polar surface area (TPSA) is 58.8 Å². The average Bonchev–Trinajstić information content (AvgIpc) is 2.62. The second kappa shape index (κ2) is 9.37. The number of ether oxygens (including phenoxy) is 1. The molecular formula is C18H28ClN3O2. The van der Waals surface area contributed by atoms with Crippen LogP contribution in [0.1, 0.15) is 35.2 Å². The molecule has 0 spiro atoms. The van der Waals surface area contributed by atoms with E-state index in [0.717, 1.165) is 63.4 Å². The van der Waals surface area contributed by atoms with E-state index >= 15 is 0 Å². The van der Waals surface area contributed by atoms with E-state index in [1.807, 2.05) is 24.3 Å². The van der Waals surface area contributed by atoms with Crippen molar-refractivity contribution in [1.82, 2.24) is 9.80 Å². The number of amides is 1. The Hall–Kier alpha value is -1.14. The molecule has 2 saturated heterocycles. The summed E-state index contributed by atoms with van der Waals surface area (Å²) < 4.78 is 5.42. The third kappa shape index (κ3) is 4.70. The zero-order valence-electron chi connectivity index (χ0n) is 14.2. The number of carbonyl (C=O) groups excluding carboxylic acids is 1. The molecule has 134 valence electrons. The van der Waals surface area contributed by atoms with Gasteiger partial charge in [0.15, 0.2) is 0 Å². The van der Waals surface area contributed by atoms with Gasteiger partial charge in [-0.2, -0.15) is 0 Å². The van der Waals surface area contributed by atoms with Crippen molar-refractivity contribution in [3.8, 4) is 0 Å². The molecule has 2 N–H and O–H groups in total. The molecule has 0 aromatic heterocycles. The van der Waals surface area contributed by atoms with Gasteiger partial charge in [0.25, 0.3) is 5.91 Å². The van der Waals surface area contributed by atoms with Gasteiger partial charge in [-0.15, -0.1) is 12.4 Å². The lowest BCUT2D eigenvalue weighted by Gasteiger charge is -2.39. The third-order valence-corrected chi connectivity index (χ3v) is 4.90. The van der Waals surface area contributed by atoms with Gasteiger partial charge in [0.2, 0.25) is 0 Å². The molecule has 1 amide bonds. The number of rotatable bonds is 4. The van der Waals surface area contributed by atoms with E-state index in [4.69, 9.17) is 10.5 Å². The first-order chi connectivity index (χ1) is 11.3. The summed E-state index contributed by atoms with van der Waals surface area (Å²) in [6, 6.07) is 8.04. The summed E-state index contributed by atoms with van der Waals surface area (Å²) in [6.45, 7) is 5.91. The van der Waals surface area contributed by atoms with Crippen LogP contribution < -0.4 is 5.73 Å². The molecule has 2 aliphatic rings. The van der Waals surface area contributed by atoms with E-state index in [1.165, 1.54) is 6.42 Å². The van der Waals surface area contributed by atoms with Gasteiger partial charge in [0.1, 0.15) is 0 Å². The summed E-state index contributed by atoms with van der Waals surface area (Å²) in [5, 5.41) is 0. The molecule has 24 heavy (non-hydrogen) atoms. The Balaban J connectivity index is 0.00000208. The van der Waals surface area contributed by atoms with Crippen molar-refractivity contribution in [2.45, 2.75) is 31.8 Å². The number of carbonyl (C=O) groups is 1. The molecular weight excluding hydrogens is 326 g/mol. The first kappa shape index (κ1) is 19.2. The van der Waals surface area contributed by atoms with Crippen molar-refractivity contribution < 1.29 is 9.53 Å². The van der Waals surface area contributed by atoms with Gasteiger partial charge in [-0.1, -0.05) is 12.1 Å². The normalized spacial score (nSPS) is 22.0. The number of likely N-dealkylation sites (tertiary alicyclic amines) is 1. The fraction of sp³-hybridized carbons (Fsp3) is 0.611. The van der Waals surface area contributed by atoms with Crippen molar-refractivity contribution >= 4 is 18.3 Å². The molecule has 2 aliphatic heterocycles. The maximum atomic E-state index is 12.9. The van der Waals surface area contributed by atoms with Crippen LogP contribution in [0.25, 0.3) is 0 Å². The molecule has 1 unspecified atom stereocenters. The van der Waals surface area contributed by atoms with E-state index in [9.17, 15) is 4.79 Å². The van der Waals surface area contributed by atoms with E-state index in [-0.39, 0.29) is 18.3 Å². The van der Waals surface area contributed by atoms with E-state index in [0.29, 0.717) is 12.6 Å². The highest BCUT2D eigenvalue weighted by atomic mass is 35.5. The fourth-order valence-electron chi connectivity index (χ4n) is 3.49. The second-order valence-electron chi connectivity index (χ2n) is 6.46. The van der Waals surface area contributed by atoms with Crippen LogP contribution >= 0.6 is 12.4 Å². The summed E-state index contributed by atoms with van der Waals surface area (Å²) >= 11 is 0. The van der Waals surface area contributed by atoms with Gasteiger partial charge in [-0.25, -0.2) is 0 Å². The summed E-state index contributed by atoms with van der Waals surface area (Å²) in [5.74, 6) is 0.159. The first-order valence-corrected chi connectivity index (χ1v) is 8.68. The van der Waals surface area contributed by atoms with E-state index in [1.54, 1.807) is 0 Å². The number of hydrogen-bond donors (Lipinski definition) is 1. The highest BCUT2D eigenvalue weighted by Gasteiger charge is 2.29.